The van der Waals surface area contributed by atoms with Crippen molar-refractivity contribution in [2.45, 2.75) is 31.3 Å². The van der Waals surface area contributed by atoms with Gasteiger partial charge in [-0.25, -0.2) is 17.8 Å². The van der Waals surface area contributed by atoms with Crippen LogP contribution in [0.25, 0.3) is 0 Å². The maximum atomic E-state index is 13.5. The molecular weight excluding hydrogens is 338 g/mol. The number of benzene rings is 1. The number of halogens is 3. The number of hydrogen-bond donors (Lipinski definition) is 0. The minimum absolute atomic E-state index is 0.0104. The van der Waals surface area contributed by atoms with Crippen molar-refractivity contribution in [3.63, 3.8) is 0 Å². The molecule has 0 aliphatic heterocycles. The van der Waals surface area contributed by atoms with E-state index in [4.69, 9.17) is 22.3 Å². The zero-order chi connectivity index (χ0) is 15.8. The van der Waals surface area contributed by atoms with E-state index in [9.17, 15) is 12.8 Å². The molecule has 0 atom stereocenters. The third-order valence-corrected chi connectivity index (χ3v) is 4.52. The SMILES string of the molecule is CC(C)c1nc(S(=O)(=O)Cl)cn1Cc1cccc(F)c1Cl. The Labute approximate surface area is 131 Å². The lowest BCUT2D eigenvalue weighted by atomic mass is 10.2. The molecule has 0 radical (unpaired) electrons. The van der Waals surface area contributed by atoms with Gasteiger partial charge in [0.1, 0.15) is 11.6 Å². The highest BCUT2D eigenvalue weighted by Crippen LogP contribution is 2.24. The van der Waals surface area contributed by atoms with Gasteiger partial charge in [-0.1, -0.05) is 37.6 Å². The van der Waals surface area contributed by atoms with Crippen LogP contribution in [0.3, 0.4) is 0 Å². The van der Waals surface area contributed by atoms with Gasteiger partial charge in [0.2, 0.25) is 0 Å². The predicted octanol–water partition coefficient (Wildman–Crippen LogP) is 3.77. The van der Waals surface area contributed by atoms with Crippen LogP contribution in [-0.2, 0) is 15.6 Å². The normalized spacial score (nSPS) is 12.1. The highest BCUT2D eigenvalue weighted by atomic mass is 35.7. The Morgan fingerprint density at radius 2 is 2.05 bits per heavy atom. The fraction of sp³-hybridized carbons (Fsp3) is 0.308. The van der Waals surface area contributed by atoms with Crippen LogP contribution in [0.1, 0.15) is 31.2 Å². The average molecular weight is 351 g/mol. The van der Waals surface area contributed by atoms with Gasteiger partial charge in [-0.2, -0.15) is 0 Å². The fourth-order valence-corrected chi connectivity index (χ4v) is 2.83. The van der Waals surface area contributed by atoms with E-state index < -0.39 is 14.9 Å². The molecule has 0 N–H and O–H groups in total. The topological polar surface area (TPSA) is 52.0 Å². The molecule has 4 nitrogen and oxygen atoms in total. The number of hydrogen-bond acceptors (Lipinski definition) is 3. The summed E-state index contributed by atoms with van der Waals surface area (Å²) in [4.78, 5) is 4.04. The smallest absolute Gasteiger partial charge is 0.280 e. The van der Waals surface area contributed by atoms with Gasteiger partial charge in [0.05, 0.1) is 11.6 Å². The zero-order valence-corrected chi connectivity index (χ0v) is 13.7. The van der Waals surface area contributed by atoms with E-state index in [1.165, 1.54) is 12.3 Å². The van der Waals surface area contributed by atoms with E-state index >= 15 is 0 Å². The summed E-state index contributed by atoms with van der Waals surface area (Å²) < 4.78 is 37.9. The minimum Gasteiger partial charge on any atom is -0.329 e. The predicted molar refractivity (Wildman–Crippen MR) is 79.9 cm³/mol. The van der Waals surface area contributed by atoms with E-state index in [0.717, 1.165) is 0 Å². The standard InChI is InChI=1S/C13H13Cl2FN2O2S/c1-8(2)13-17-11(21(15,19)20)7-18(13)6-9-4-3-5-10(16)12(9)14/h3-5,7-8H,6H2,1-2H3. The molecule has 0 spiro atoms. The molecule has 1 aromatic heterocycles. The average Bonchev–Trinajstić information content (AvgIpc) is 2.79. The van der Waals surface area contributed by atoms with Crippen molar-refractivity contribution < 1.29 is 12.8 Å². The molecule has 2 aromatic rings. The largest absolute Gasteiger partial charge is 0.329 e. The van der Waals surface area contributed by atoms with Crippen LogP contribution in [-0.4, -0.2) is 18.0 Å². The van der Waals surface area contributed by atoms with Crippen LogP contribution in [0.15, 0.2) is 29.4 Å². The molecule has 0 bridgehead atoms. The Hall–Kier alpha value is -1.11. The summed E-state index contributed by atoms with van der Waals surface area (Å²) >= 11 is 5.92. The molecule has 21 heavy (non-hydrogen) atoms. The Morgan fingerprint density at radius 3 is 2.62 bits per heavy atom. The fourth-order valence-electron chi connectivity index (χ4n) is 1.96. The van der Waals surface area contributed by atoms with Gasteiger partial charge in [0.25, 0.3) is 9.05 Å². The molecule has 0 aliphatic carbocycles. The lowest BCUT2D eigenvalue weighted by Gasteiger charge is -2.11. The van der Waals surface area contributed by atoms with Gasteiger partial charge in [0.15, 0.2) is 5.03 Å². The first-order valence-electron chi connectivity index (χ1n) is 6.14. The quantitative estimate of drug-likeness (QED) is 0.788. The Morgan fingerprint density at radius 1 is 1.38 bits per heavy atom. The van der Waals surface area contributed by atoms with E-state index in [0.29, 0.717) is 11.4 Å². The summed E-state index contributed by atoms with van der Waals surface area (Å²) in [6.45, 7) is 3.96. The number of aromatic nitrogens is 2. The van der Waals surface area contributed by atoms with Gasteiger partial charge in [0, 0.05) is 22.8 Å². The highest BCUT2D eigenvalue weighted by molar-refractivity contribution is 8.13. The Balaban J connectivity index is 2.48. The van der Waals surface area contributed by atoms with E-state index in [1.54, 1.807) is 16.7 Å². The molecule has 0 saturated carbocycles. The second-order valence-corrected chi connectivity index (χ2v) is 7.76. The zero-order valence-electron chi connectivity index (χ0n) is 11.3. The third-order valence-electron chi connectivity index (χ3n) is 2.92. The second kappa shape index (κ2) is 5.94. The minimum atomic E-state index is -3.92. The molecular formula is C13H13Cl2FN2O2S. The van der Waals surface area contributed by atoms with Crippen LogP contribution < -0.4 is 0 Å². The molecule has 0 aliphatic rings. The van der Waals surface area contributed by atoms with Crippen LogP contribution in [0, 0.1) is 5.82 Å². The van der Waals surface area contributed by atoms with Crippen LogP contribution in [0.2, 0.25) is 5.02 Å². The number of nitrogens with zero attached hydrogens (tertiary/aromatic N) is 2. The van der Waals surface area contributed by atoms with Crippen LogP contribution in [0.4, 0.5) is 4.39 Å². The highest BCUT2D eigenvalue weighted by Gasteiger charge is 2.20. The van der Waals surface area contributed by atoms with Crippen molar-refractivity contribution >= 4 is 31.3 Å². The van der Waals surface area contributed by atoms with Crippen molar-refractivity contribution in [3.8, 4) is 0 Å². The van der Waals surface area contributed by atoms with Gasteiger partial charge < -0.3 is 4.57 Å². The summed E-state index contributed by atoms with van der Waals surface area (Å²) in [5, 5.41) is -0.212. The maximum Gasteiger partial charge on any atom is 0.280 e. The monoisotopic (exact) mass is 350 g/mol. The maximum absolute atomic E-state index is 13.5. The number of imidazole rings is 1. The first-order valence-corrected chi connectivity index (χ1v) is 8.83. The summed E-state index contributed by atoms with van der Waals surface area (Å²) in [6, 6.07) is 4.48. The molecule has 2 rings (SSSR count). The van der Waals surface area contributed by atoms with E-state index in [2.05, 4.69) is 4.98 Å². The van der Waals surface area contributed by atoms with E-state index in [-0.39, 0.29) is 22.5 Å². The summed E-state index contributed by atoms with van der Waals surface area (Å²) in [5.74, 6) is -0.00961. The summed E-state index contributed by atoms with van der Waals surface area (Å²) in [5.41, 5.74) is 0.537. The molecule has 0 fully saturated rings. The molecule has 1 heterocycles. The Bertz CT molecular complexity index is 772. The van der Waals surface area contributed by atoms with Crippen molar-refractivity contribution in [2.24, 2.45) is 0 Å². The molecule has 0 unspecified atom stereocenters. The van der Waals surface area contributed by atoms with Crippen molar-refractivity contribution in [3.05, 3.63) is 46.6 Å². The van der Waals surface area contributed by atoms with Crippen molar-refractivity contribution in [1.82, 2.24) is 9.55 Å². The van der Waals surface area contributed by atoms with Gasteiger partial charge in [-0.15, -0.1) is 0 Å². The van der Waals surface area contributed by atoms with Gasteiger partial charge in [-0.3, -0.25) is 0 Å². The lowest BCUT2D eigenvalue weighted by Crippen LogP contribution is -2.06. The van der Waals surface area contributed by atoms with Crippen molar-refractivity contribution in [1.29, 1.82) is 0 Å². The lowest BCUT2D eigenvalue weighted by molar-refractivity contribution is 0.606. The summed E-state index contributed by atoms with van der Waals surface area (Å²) in [7, 11) is 1.40. The van der Waals surface area contributed by atoms with Crippen LogP contribution in [0.5, 0.6) is 0 Å². The molecule has 114 valence electrons. The second-order valence-electron chi connectivity index (χ2n) is 4.87. The van der Waals surface area contributed by atoms with E-state index in [1.807, 2.05) is 13.8 Å². The van der Waals surface area contributed by atoms with Gasteiger partial charge >= 0.3 is 0 Å². The molecule has 8 heteroatoms. The first kappa shape index (κ1) is 16.3. The molecule has 0 saturated heterocycles. The Kier molecular flexibility index (Phi) is 4.60. The number of rotatable bonds is 4. The van der Waals surface area contributed by atoms with Gasteiger partial charge in [-0.05, 0) is 11.6 Å². The molecule has 0 amide bonds. The third kappa shape index (κ3) is 3.56. The van der Waals surface area contributed by atoms with Crippen LogP contribution >= 0.6 is 22.3 Å². The summed E-state index contributed by atoms with van der Waals surface area (Å²) in [6.07, 6.45) is 1.33. The molecule has 1 aromatic carbocycles. The van der Waals surface area contributed by atoms with Crippen molar-refractivity contribution in [2.75, 3.05) is 0 Å². The first-order chi connectivity index (χ1) is 9.70.